The van der Waals surface area contributed by atoms with Crippen LogP contribution in [0.25, 0.3) is 11.0 Å². The van der Waals surface area contributed by atoms with E-state index in [4.69, 9.17) is 10.6 Å². The molecule has 0 aliphatic heterocycles. The van der Waals surface area contributed by atoms with E-state index < -0.39 is 14.1 Å². The van der Waals surface area contributed by atoms with Gasteiger partial charge in [0.05, 0.1) is 11.0 Å². The molecular formula is C9H11N4O3P. The first-order valence-electron chi connectivity index (χ1n) is 4.82. The number of carbonyl (C=O) groups is 1. The van der Waals surface area contributed by atoms with Crippen LogP contribution in [-0.2, 0) is 11.1 Å². The van der Waals surface area contributed by atoms with Crippen LogP contribution in [-0.4, -0.2) is 20.8 Å². The monoisotopic (exact) mass is 254 g/mol. The average molecular weight is 254 g/mol. The molecule has 0 saturated carbocycles. The van der Waals surface area contributed by atoms with Crippen LogP contribution in [0.4, 0.5) is 0 Å². The van der Waals surface area contributed by atoms with Gasteiger partial charge in [-0.05, 0) is 11.6 Å². The van der Waals surface area contributed by atoms with E-state index in [9.17, 15) is 9.36 Å². The summed E-state index contributed by atoms with van der Waals surface area (Å²) in [6.45, 7) is 0.203. The summed E-state index contributed by atoms with van der Waals surface area (Å²) in [6, 6.07) is 5.27. The molecule has 17 heavy (non-hydrogen) atoms. The van der Waals surface area contributed by atoms with Crippen molar-refractivity contribution in [3.8, 4) is 0 Å². The average Bonchev–Trinajstić information content (AvgIpc) is 2.70. The number of fused-ring (bicyclic) bond motifs is 1. The van der Waals surface area contributed by atoms with Crippen LogP contribution in [0.3, 0.4) is 0 Å². The molecule has 0 aliphatic carbocycles. The molecular weight excluding hydrogens is 243 g/mol. The summed E-state index contributed by atoms with van der Waals surface area (Å²) in [5.41, 5.74) is 7.07. The number of hydrogen-bond donors (Lipinski definition) is 4. The third kappa shape index (κ3) is 2.52. The molecule has 8 heteroatoms. The van der Waals surface area contributed by atoms with Crippen molar-refractivity contribution >= 4 is 25.1 Å². The van der Waals surface area contributed by atoms with Crippen LogP contribution in [0.2, 0.25) is 0 Å². The second-order valence-electron chi connectivity index (χ2n) is 3.42. The van der Waals surface area contributed by atoms with Gasteiger partial charge in [-0.2, -0.15) is 0 Å². The van der Waals surface area contributed by atoms with Crippen LogP contribution >= 0.6 is 8.18 Å². The van der Waals surface area contributed by atoms with Crippen LogP contribution in [0.1, 0.15) is 16.2 Å². The number of aromatic amines is 1. The zero-order valence-corrected chi connectivity index (χ0v) is 9.73. The zero-order valence-electron chi connectivity index (χ0n) is 8.73. The summed E-state index contributed by atoms with van der Waals surface area (Å²) in [5, 5.41) is 2.42. The van der Waals surface area contributed by atoms with Gasteiger partial charge >= 0.3 is 0 Å². The van der Waals surface area contributed by atoms with Crippen LogP contribution in [0.15, 0.2) is 18.2 Å². The number of benzene rings is 1. The Balaban J connectivity index is 2.42. The van der Waals surface area contributed by atoms with Crippen molar-refractivity contribution in [3.05, 3.63) is 29.6 Å². The SMILES string of the molecule is NC(=O)c1nc2c(CN[PH](=O)O)cccc2[nH]1. The van der Waals surface area contributed by atoms with E-state index in [1.165, 1.54) is 0 Å². The molecule has 0 aliphatic rings. The van der Waals surface area contributed by atoms with Gasteiger partial charge in [-0.15, -0.1) is 0 Å². The van der Waals surface area contributed by atoms with Crippen LogP contribution < -0.4 is 10.8 Å². The number of amides is 1. The number of nitrogens with one attached hydrogen (secondary N) is 2. The molecule has 90 valence electrons. The highest BCUT2D eigenvalue weighted by Crippen LogP contribution is 2.18. The summed E-state index contributed by atoms with van der Waals surface area (Å²) >= 11 is 0. The molecule has 1 aromatic heterocycles. The van der Waals surface area contributed by atoms with Crippen molar-refractivity contribution in [3.63, 3.8) is 0 Å². The minimum atomic E-state index is -2.74. The Labute approximate surface area is 97.0 Å². The maximum absolute atomic E-state index is 11.0. The first-order chi connectivity index (χ1) is 8.08. The second kappa shape index (κ2) is 4.67. The van der Waals surface area contributed by atoms with Gasteiger partial charge in [-0.3, -0.25) is 9.36 Å². The number of carbonyl (C=O) groups excluding carboxylic acids is 1. The smallest absolute Gasteiger partial charge is 0.284 e. The molecule has 0 fully saturated rings. The Morgan fingerprint density at radius 1 is 1.59 bits per heavy atom. The predicted molar refractivity (Wildman–Crippen MR) is 62.7 cm³/mol. The molecule has 1 amide bonds. The molecule has 1 aromatic carbocycles. The zero-order chi connectivity index (χ0) is 12.4. The van der Waals surface area contributed by atoms with E-state index in [1.807, 2.05) is 0 Å². The number of nitrogens with two attached hydrogens (primary N) is 1. The Hall–Kier alpha value is -1.69. The molecule has 5 N–H and O–H groups in total. The standard InChI is InChI=1S/C9H11N4O3P/c10-8(14)9-12-6-3-1-2-5(7(6)13-9)4-11-17(15)16/h1-3,17H,4H2,(H2,10,14)(H,12,13)(H2,11,15,16). The highest BCUT2D eigenvalue weighted by molar-refractivity contribution is 7.35. The number of hydrogen-bond acceptors (Lipinski definition) is 3. The maximum atomic E-state index is 11.0. The molecule has 0 saturated heterocycles. The van der Waals surface area contributed by atoms with Crippen molar-refractivity contribution < 1.29 is 14.3 Å². The van der Waals surface area contributed by atoms with E-state index in [0.29, 0.717) is 11.0 Å². The number of para-hydroxylation sites is 1. The van der Waals surface area contributed by atoms with Gasteiger partial charge in [-0.1, -0.05) is 12.1 Å². The fourth-order valence-electron chi connectivity index (χ4n) is 1.52. The summed E-state index contributed by atoms with van der Waals surface area (Å²) in [6.07, 6.45) is 0. The molecule has 0 radical (unpaired) electrons. The Morgan fingerprint density at radius 3 is 3.00 bits per heavy atom. The van der Waals surface area contributed by atoms with E-state index in [2.05, 4.69) is 15.1 Å². The van der Waals surface area contributed by atoms with Crippen molar-refractivity contribution in [1.29, 1.82) is 0 Å². The van der Waals surface area contributed by atoms with Gasteiger partial charge in [0, 0.05) is 6.54 Å². The lowest BCUT2D eigenvalue weighted by molar-refractivity contribution is 0.0991. The molecule has 1 heterocycles. The molecule has 0 bridgehead atoms. The molecule has 1 atom stereocenters. The van der Waals surface area contributed by atoms with Gasteiger partial charge in [0.25, 0.3) is 14.1 Å². The first-order valence-corrected chi connectivity index (χ1v) is 6.17. The molecule has 2 rings (SSSR count). The Morgan fingerprint density at radius 2 is 2.35 bits per heavy atom. The van der Waals surface area contributed by atoms with E-state index >= 15 is 0 Å². The van der Waals surface area contributed by atoms with Crippen molar-refractivity contribution in [1.82, 2.24) is 15.1 Å². The fourth-order valence-corrected chi connectivity index (χ4v) is 1.86. The van der Waals surface area contributed by atoms with Gasteiger partial charge < -0.3 is 15.6 Å². The highest BCUT2D eigenvalue weighted by atomic mass is 31.1. The summed E-state index contributed by atoms with van der Waals surface area (Å²) < 4.78 is 10.6. The molecule has 2 aromatic rings. The van der Waals surface area contributed by atoms with Crippen molar-refractivity contribution in [2.75, 3.05) is 0 Å². The molecule has 1 unspecified atom stereocenters. The van der Waals surface area contributed by atoms with E-state index in [0.717, 1.165) is 5.56 Å². The quantitative estimate of drug-likeness (QED) is 0.578. The van der Waals surface area contributed by atoms with Crippen molar-refractivity contribution in [2.45, 2.75) is 6.54 Å². The third-order valence-corrected chi connectivity index (χ3v) is 2.74. The minimum Gasteiger partial charge on any atom is -0.363 e. The first kappa shape index (κ1) is 11.8. The lowest BCUT2D eigenvalue weighted by atomic mass is 10.2. The summed E-state index contributed by atoms with van der Waals surface area (Å²) in [7, 11) is -2.74. The highest BCUT2D eigenvalue weighted by Gasteiger charge is 2.10. The summed E-state index contributed by atoms with van der Waals surface area (Å²) in [5.74, 6) is -0.569. The lowest BCUT2D eigenvalue weighted by Gasteiger charge is -2.01. The number of nitrogens with zero attached hydrogens (tertiary/aromatic N) is 1. The van der Waals surface area contributed by atoms with E-state index in [1.54, 1.807) is 18.2 Å². The predicted octanol–water partition coefficient (Wildman–Crippen LogP) is 0.133. The molecule has 7 nitrogen and oxygen atoms in total. The number of primary amides is 1. The minimum absolute atomic E-state index is 0.0732. The van der Waals surface area contributed by atoms with Crippen LogP contribution in [0.5, 0.6) is 0 Å². The number of imidazole rings is 1. The third-order valence-electron chi connectivity index (χ3n) is 2.26. The normalized spacial score (nSPS) is 12.8. The van der Waals surface area contributed by atoms with Crippen molar-refractivity contribution in [2.24, 2.45) is 5.73 Å². The summed E-state index contributed by atoms with van der Waals surface area (Å²) in [4.78, 5) is 26.5. The Bertz CT molecular complexity index is 595. The number of H-pyrrole nitrogens is 1. The lowest BCUT2D eigenvalue weighted by Crippen LogP contribution is -2.12. The number of rotatable bonds is 4. The van der Waals surface area contributed by atoms with E-state index in [-0.39, 0.29) is 12.4 Å². The van der Waals surface area contributed by atoms with Crippen LogP contribution in [0, 0.1) is 0 Å². The van der Waals surface area contributed by atoms with Gasteiger partial charge in [0.15, 0.2) is 5.82 Å². The number of aromatic nitrogens is 2. The maximum Gasteiger partial charge on any atom is 0.284 e. The fraction of sp³-hybridized carbons (Fsp3) is 0.111. The van der Waals surface area contributed by atoms with Gasteiger partial charge in [0.1, 0.15) is 0 Å². The molecule has 0 spiro atoms. The Kier molecular flexibility index (Phi) is 3.23. The topological polar surface area (TPSA) is 121 Å². The second-order valence-corrected chi connectivity index (χ2v) is 4.39. The van der Waals surface area contributed by atoms with Gasteiger partial charge in [-0.25, -0.2) is 10.1 Å². The largest absolute Gasteiger partial charge is 0.363 e. The van der Waals surface area contributed by atoms with Gasteiger partial charge in [0.2, 0.25) is 0 Å².